The highest BCUT2D eigenvalue weighted by molar-refractivity contribution is 5.66. The summed E-state index contributed by atoms with van der Waals surface area (Å²) in [5, 5.41) is 39.2. The zero-order valence-electron chi connectivity index (χ0n) is 17.7. The van der Waals surface area contributed by atoms with Gasteiger partial charge in [-0.15, -0.1) is 0 Å². The van der Waals surface area contributed by atoms with E-state index < -0.39 is 42.1 Å². The van der Waals surface area contributed by atoms with E-state index in [0.29, 0.717) is 24.8 Å². The van der Waals surface area contributed by atoms with Crippen LogP contribution in [0.3, 0.4) is 0 Å². The first kappa shape index (κ1) is 26.3. The molecule has 1 fully saturated rings. The van der Waals surface area contributed by atoms with E-state index in [4.69, 9.17) is 9.84 Å². The zero-order valence-corrected chi connectivity index (χ0v) is 17.7. The lowest BCUT2D eigenvalue weighted by atomic mass is 9.98. The Morgan fingerprint density at radius 1 is 1.22 bits per heavy atom. The summed E-state index contributed by atoms with van der Waals surface area (Å²) in [6, 6.07) is 4.95. The molecule has 1 saturated carbocycles. The van der Waals surface area contributed by atoms with Gasteiger partial charge in [-0.2, -0.15) is 13.2 Å². The molecule has 5 atom stereocenters. The minimum atomic E-state index is -4.42. The van der Waals surface area contributed by atoms with E-state index in [2.05, 4.69) is 0 Å². The quantitative estimate of drug-likeness (QED) is 0.282. The first-order valence-corrected chi connectivity index (χ1v) is 10.8. The second-order valence-corrected chi connectivity index (χ2v) is 8.22. The molecular weight excluding hydrogens is 429 g/mol. The number of carbonyl (C=O) groups is 1. The lowest BCUT2D eigenvalue weighted by molar-refractivity contribution is -0.138. The number of hydrogen-bond acceptors (Lipinski definition) is 5. The zero-order chi connectivity index (χ0) is 23.7. The van der Waals surface area contributed by atoms with Gasteiger partial charge < -0.3 is 25.2 Å². The Bertz CT molecular complexity index is 751. The van der Waals surface area contributed by atoms with Crippen molar-refractivity contribution in [2.24, 2.45) is 5.92 Å². The molecule has 0 spiro atoms. The fourth-order valence-electron chi connectivity index (χ4n) is 3.87. The number of aliphatic hydroxyl groups is 3. The van der Waals surface area contributed by atoms with Crippen LogP contribution in [0.1, 0.15) is 49.7 Å². The maximum absolute atomic E-state index is 12.8. The molecule has 180 valence electrons. The molecule has 32 heavy (non-hydrogen) atoms. The van der Waals surface area contributed by atoms with Crippen LogP contribution in [0.15, 0.2) is 36.4 Å². The number of carboxylic acids is 1. The SMILES string of the molecule is O=C(O)CCCC=CC[C@H]1C(O)CC(O)C1OCC(O)CCc1cccc(C(F)(F)F)c1. The Morgan fingerprint density at radius 3 is 2.66 bits per heavy atom. The van der Waals surface area contributed by atoms with E-state index >= 15 is 0 Å². The molecule has 0 amide bonds. The van der Waals surface area contributed by atoms with E-state index in [9.17, 15) is 33.3 Å². The molecule has 0 saturated heterocycles. The van der Waals surface area contributed by atoms with Crippen LogP contribution in [-0.4, -0.2) is 57.4 Å². The van der Waals surface area contributed by atoms with Crippen molar-refractivity contribution < 1.29 is 43.1 Å². The standard InChI is InChI=1S/C23H31F3O6/c24-23(25,26)16-7-5-6-15(12-16)10-11-17(27)14-32-22-18(19(28)13-20(22)29)8-3-1-2-4-9-21(30)31/h1,3,5-7,12,17-20,22,27-29H,2,4,8-11,13-14H2,(H,30,31)/t17?,18-,19?,20?,22?/m0/s1. The second-order valence-electron chi connectivity index (χ2n) is 8.22. The number of aliphatic hydroxyl groups excluding tert-OH is 3. The molecule has 0 radical (unpaired) electrons. The predicted octanol–water partition coefficient (Wildman–Crippen LogP) is 3.33. The average molecular weight is 460 g/mol. The van der Waals surface area contributed by atoms with Gasteiger partial charge in [0.05, 0.1) is 36.6 Å². The van der Waals surface area contributed by atoms with Crippen LogP contribution in [0, 0.1) is 5.92 Å². The van der Waals surface area contributed by atoms with Crippen LogP contribution < -0.4 is 0 Å². The summed E-state index contributed by atoms with van der Waals surface area (Å²) in [6.45, 7) is -0.105. The van der Waals surface area contributed by atoms with E-state index in [1.807, 2.05) is 12.2 Å². The van der Waals surface area contributed by atoms with Crippen LogP contribution in [-0.2, 0) is 22.1 Å². The topological polar surface area (TPSA) is 107 Å². The van der Waals surface area contributed by atoms with Gasteiger partial charge >= 0.3 is 12.1 Å². The highest BCUT2D eigenvalue weighted by Crippen LogP contribution is 2.33. The minimum Gasteiger partial charge on any atom is -0.481 e. The Hall–Kier alpha value is -1.94. The highest BCUT2D eigenvalue weighted by atomic mass is 19.4. The molecule has 0 aromatic heterocycles. The fraction of sp³-hybridized carbons (Fsp3) is 0.609. The number of hydrogen-bond donors (Lipinski definition) is 4. The van der Waals surface area contributed by atoms with Crippen molar-refractivity contribution in [2.75, 3.05) is 6.61 Å². The van der Waals surface area contributed by atoms with Gasteiger partial charge in [-0.1, -0.05) is 30.4 Å². The third kappa shape index (κ3) is 8.54. The number of rotatable bonds is 12. The van der Waals surface area contributed by atoms with Crippen molar-refractivity contribution >= 4 is 5.97 Å². The maximum atomic E-state index is 12.8. The van der Waals surface area contributed by atoms with E-state index in [-0.39, 0.29) is 38.2 Å². The number of benzene rings is 1. The fourth-order valence-corrected chi connectivity index (χ4v) is 3.87. The number of halogens is 3. The lowest BCUT2D eigenvalue weighted by Crippen LogP contribution is -2.33. The Balaban J connectivity index is 1.80. The number of allylic oxidation sites excluding steroid dienone is 2. The van der Waals surface area contributed by atoms with Crippen molar-refractivity contribution in [3.63, 3.8) is 0 Å². The lowest BCUT2D eigenvalue weighted by Gasteiger charge is -2.24. The number of unbranched alkanes of at least 4 members (excludes halogenated alkanes) is 1. The molecule has 4 unspecified atom stereocenters. The molecule has 6 nitrogen and oxygen atoms in total. The first-order valence-electron chi connectivity index (χ1n) is 10.8. The van der Waals surface area contributed by atoms with Crippen LogP contribution in [0.5, 0.6) is 0 Å². The molecule has 2 rings (SSSR count). The normalized spacial score (nSPS) is 24.8. The Morgan fingerprint density at radius 2 is 1.97 bits per heavy atom. The predicted molar refractivity (Wildman–Crippen MR) is 111 cm³/mol. The van der Waals surface area contributed by atoms with Crippen molar-refractivity contribution in [1.29, 1.82) is 0 Å². The minimum absolute atomic E-state index is 0.0826. The monoisotopic (exact) mass is 460 g/mol. The van der Waals surface area contributed by atoms with Crippen molar-refractivity contribution in [1.82, 2.24) is 0 Å². The molecule has 1 aromatic rings. The average Bonchev–Trinajstić information content (AvgIpc) is 2.99. The van der Waals surface area contributed by atoms with E-state index in [1.54, 1.807) is 6.07 Å². The van der Waals surface area contributed by atoms with Gasteiger partial charge in [0.15, 0.2) is 0 Å². The van der Waals surface area contributed by atoms with Crippen molar-refractivity contribution in [3.05, 3.63) is 47.5 Å². The largest absolute Gasteiger partial charge is 0.481 e. The molecule has 4 N–H and O–H groups in total. The molecule has 1 aromatic carbocycles. The third-order valence-electron chi connectivity index (χ3n) is 5.62. The first-order chi connectivity index (χ1) is 15.1. The summed E-state index contributed by atoms with van der Waals surface area (Å²) in [4.78, 5) is 10.5. The molecule has 1 aliphatic carbocycles. The summed E-state index contributed by atoms with van der Waals surface area (Å²) in [5.41, 5.74) is -0.274. The van der Waals surface area contributed by atoms with E-state index in [0.717, 1.165) is 12.1 Å². The maximum Gasteiger partial charge on any atom is 0.416 e. The van der Waals surface area contributed by atoms with Crippen LogP contribution >= 0.6 is 0 Å². The summed E-state index contributed by atoms with van der Waals surface area (Å²) in [6.07, 6.45) is -1.78. The number of ether oxygens (including phenoxy) is 1. The number of aryl methyl sites for hydroxylation is 1. The van der Waals surface area contributed by atoms with Gasteiger partial charge in [0.25, 0.3) is 0 Å². The van der Waals surface area contributed by atoms with Gasteiger partial charge in [-0.05, 0) is 43.7 Å². The second kappa shape index (κ2) is 12.3. The van der Waals surface area contributed by atoms with Crippen LogP contribution in [0.4, 0.5) is 13.2 Å². The van der Waals surface area contributed by atoms with Gasteiger partial charge in [0.2, 0.25) is 0 Å². The summed E-state index contributed by atoms with van der Waals surface area (Å²) < 4.78 is 44.1. The number of alkyl halides is 3. The molecule has 9 heteroatoms. The Kier molecular flexibility index (Phi) is 10.1. The van der Waals surface area contributed by atoms with Crippen molar-refractivity contribution in [3.8, 4) is 0 Å². The van der Waals surface area contributed by atoms with Crippen molar-refractivity contribution in [2.45, 2.75) is 75.5 Å². The molecular formula is C23H31F3O6. The Labute approximate surface area is 185 Å². The molecule has 0 bridgehead atoms. The number of carboxylic acid groups (broad SMARTS) is 1. The number of aliphatic carboxylic acids is 1. The summed E-state index contributed by atoms with van der Waals surface area (Å²) in [5.74, 6) is -1.22. The summed E-state index contributed by atoms with van der Waals surface area (Å²) in [7, 11) is 0. The smallest absolute Gasteiger partial charge is 0.416 e. The van der Waals surface area contributed by atoms with Gasteiger partial charge in [0, 0.05) is 18.8 Å². The third-order valence-corrected chi connectivity index (χ3v) is 5.62. The van der Waals surface area contributed by atoms with Gasteiger partial charge in [-0.3, -0.25) is 4.79 Å². The van der Waals surface area contributed by atoms with Gasteiger partial charge in [0.1, 0.15) is 0 Å². The summed E-state index contributed by atoms with van der Waals surface area (Å²) >= 11 is 0. The highest BCUT2D eigenvalue weighted by Gasteiger charge is 2.42. The van der Waals surface area contributed by atoms with Crippen LogP contribution in [0.25, 0.3) is 0 Å². The molecule has 0 aliphatic heterocycles. The van der Waals surface area contributed by atoms with Gasteiger partial charge in [-0.25, -0.2) is 0 Å². The molecule has 1 aliphatic rings. The van der Waals surface area contributed by atoms with Crippen LogP contribution in [0.2, 0.25) is 0 Å². The molecule has 0 heterocycles. The van der Waals surface area contributed by atoms with E-state index in [1.165, 1.54) is 6.07 Å².